The third kappa shape index (κ3) is 4.89. The second-order valence-electron chi connectivity index (χ2n) is 5.97. The van der Waals surface area contributed by atoms with Crippen LogP contribution in [0.4, 0.5) is 4.39 Å². The van der Waals surface area contributed by atoms with Gasteiger partial charge < -0.3 is 14.6 Å². The van der Waals surface area contributed by atoms with Crippen molar-refractivity contribution in [1.29, 1.82) is 0 Å². The summed E-state index contributed by atoms with van der Waals surface area (Å²) in [5, 5.41) is 12.0. The van der Waals surface area contributed by atoms with Crippen LogP contribution in [0.25, 0.3) is 0 Å². The maximum atomic E-state index is 13.3. The lowest BCUT2D eigenvalue weighted by molar-refractivity contribution is 0.0949. The number of halogens is 1. The van der Waals surface area contributed by atoms with E-state index < -0.39 is 0 Å². The van der Waals surface area contributed by atoms with Crippen LogP contribution in [0.3, 0.4) is 0 Å². The van der Waals surface area contributed by atoms with Crippen molar-refractivity contribution in [2.75, 3.05) is 7.11 Å². The number of ether oxygens (including phenoxy) is 1. The Balaban J connectivity index is 1.61. The number of amides is 1. The Morgan fingerprint density at radius 1 is 1.21 bits per heavy atom. The summed E-state index contributed by atoms with van der Waals surface area (Å²) in [5.74, 6) is 1.52. The molecule has 6 nitrogen and oxygen atoms in total. The van der Waals surface area contributed by atoms with Crippen LogP contribution in [0.15, 0.2) is 53.7 Å². The van der Waals surface area contributed by atoms with Crippen molar-refractivity contribution >= 4 is 17.7 Å². The number of rotatable bonds is 8. The molecule has 3 rings (SSSR count). The third-order valence-electron chi connectivity index (χ3n) is 4.13. The van der Waals surface area contributed by atoms with Crippen LogP contribution >= 0.6 is 11.8 Å². The van der Waals surface area contributed by atoms with E-state index >= 15 is 0 Å². The highest BCUT2D eigenvalue weighted by Gasteiger charge is 2.13. The van der Waals surface area contributed by atoms with E-state index in [2.05, 4.69) is 15.5 Å². The third-order valence-corrected chi connectivity index (χ3v) is 5.16. The maximum absolute atomic E-state index is 13.3. The molecule has 1 amide bonds. The van der Waals surface area contributed by atoms with Crippen molar-refractivity contribution in [3.8, 4) is 5.75 Å². The predicted octanol–water partition coefficient (Wildman–Crippen LogP) is 3.67. The molecule has 146 valence electrons. The summed E-state index contributed by atoms with van der Waals surface area (Å²) in [7, 11) is 1.58. The minimum Gasteiger partial charge on any atom is -0.497 e. The fourth-order valence-corrected chi connectivity index (χ4v) is 3.62. The predicted molar refractivity (Wildman–Crippen MR) is 106 cm³/mol. The molecule has 8 heteroatoms. The van der Waals surface area contributed by atoms with Gasteiger partial charge in [0.2, 0.25) is 0 Å². The van der Waals surface area contributed by atoms with Crippen molar-refractivity contribution in [3.05, 3.63) is 71.3 Å². The van der Waals surface area contributed by atoms with Crippen LogP contribution in [-0.4, -0.2) is 27.8 Å². The molecule has 0 aliphatic carbocycles. The lowest BCUT2D eigenvalue weighted by Crippen LogP contribution is -2.24. The summed E-state index contributed by atoms with van der Waals surface area (Å²) >= 11 is 1.49. The molecule has 1 heterocycles. The topological polar surface area (TPSA) is 69.0 Å². The van der Waals surface area contributed by atoms with Crippen LogP contribution in [-0.2, 0) is 18.8 Å². The number of hydrogen-bond donors (Lipinski definition) is 1. The Morgan fingerprint density at radius 2 is 2.00 bits per heavy atom. The van der Waals surface area contributed by atoms with Gasteiger partial charge in [0, 0.05) is 17.9 Å². The van der Waals surface area contributed by atoms with Gasteiger partial charge in [-0.05, 0) is 48.9 Å². The van der Waals surface area contributed by atoms with Gasteiger partial charge in [-0.1, -0.05) is 23.9 Å². The average Bonchev–Trinajstić information content (AvgIpc) is 3.12. The van der Waals surface area contributed by atoms with Crippen molar-refractivity contribution in [3.63, 3.8) is 0 Å². The van der Waals surface area contributed by atoms with E-state index in [1.54, 1.807) is 37.4 Å². The summed E-state index contributed by atoms with van der Waals surface area (Å²) in [6.07, 6.45) is 0. The standard InChI is InChI=1S/C20H21FN4O2S/c1-3-25-18(12-22-19(26)15-7-9-17(27-2)10-8-15)23-24-20(25)28-13-14-5-4-6-16(21)11-14/h4-11H,3,12-13H2,1-2H3,(H,22,26). The van der Waals surface area contributed by atoms with E-state index in [1.807, 2.05) is 17.6 Å². The van der Waals surface area contributed by atoms with Crippen LogP contribution < -0.4 is 10.1 Å². The number of thioether (sulfide) groups is 1. The minimum atomic E-state index is -0.253. The van der Waals surface area contributed by atoms with Crippen molar-refractivity contribution < 1.29 is 13.9 Å². The van der Waals surface area contributed by atoms with Crippen molar-refractivity contribution in [2.24, 2.45) is 0 Å². The molecule has 0 bridgehead atoms. The SMILES string of the molecule is CCn1c(CNC(=O)c2ccc(OC)cc2)nnc1SCc1cccc(F)c1. The molecule has 0 aliphatic rings. The van der Waals surface area contributed by atoms with Crippen LogP contribution in [0.5, 0.6) is 5.75 Å². The Kier molecular flexibility index (Phi) is 6.65. The lowest BCUT2D eigenvalue weighted by Gasteiger charge is -2.09. The van der Waals surface area contributed by atoms with Crippen molar-refractivity contribution in [1.82, 2.24) is 20.1 Å². The van der Waals surface area contributed by atoms with E-state index in [0.717, 1.165) is 10.7 Å². The molecule has 0 radical (unpaired) electrons. The van der Waals surface area contributed by atoms with E-state index in [0.29, 0.717) is 29.4 Å². The second-order valence-corrected chi connectivity index (χ2v) is 6.92. The Hall–Kier alpha value is -2.87. The van der Waals surface area contributed by atoms with Gasteiger partial charge in [-0.3, -0.25) is 4.79 Å². The van der Waals surface area contributed by atoms with Gasteiger partial charge in [0.05, 0.1) is 13.7 Å². The summed E-state index contributed by atoms with van der Waals surface area (Å²) in [4.78, 5) is 12.3. The number of nitrogens with zero attached hydrogens (tertiary/aromatic N) is 3. The maximum Gasteiger partial charge on any atom is 0.251 e. The molecule has 0 fully saturated rings. The number of aromatic nitrogens is 3. The van der Waals surface area contributed by atoms with Gasteiger partial charge >= 0.3 is 0 Å². The molecule has 1 aromatic heterocycles. The summed E-state index contributed by atoms with van der Waals surface area (Å²) in [5.41, 5.74) is 1.43. The zero-order chi connectivity index (χ0) is 19.9. The van der Waals surface area contributed by atoms with Gasteiger partial charge in [-0.15, -0.1) is 10.2 Å². The smallest absolute Gasteiger partial charge is 0.251 e. The van der Waals surface area contributed by atoms with Gasteiger partial charge in [0.1, 0.15) is 11.6 Å². The Morgan fingerprint density at radius 3 is 2.68 bits per heavy atom. The molecule has 1 N–H and O–H groups in total. The van der Waals surface area contributed by atoms with E-state index in [1.165, 1.54) is 23.9 Å². The molecule has 3 aromatic rings. The zero-order valence-electron chi connectivity index (χ0n) is 15.7. The molecule has 0 saturated heterocycles. The molecular formula is C20H21FN4O2S. The first kappa shape index (κ1) is 19.9. The number of methoxy groups -OCH3 is 1. The first-order valence-electron chi connectivity index (χ1n) is 8.82. The van der Waals surface area contributed by atoms with E-state index in [-0.39, 0.29) is 18.3 Å². The van der Waals surface area contributed by atoms with Gasteiger partial charge in [0.25, 0.3) is 5.91 Å². The van der Waals surface area contributed by atoms with Gasteiger partial charge in [-0.25, -0.2) is 4.39 Å². The zero-order valence-corrected chi connectivity index (χ0v) is 16.5. The highest BCUT2D eigenvalue weighted by molar-refractivity contribution is 7.98. The van der Waals surface area contributed by atoms with Crippen LogP contribution in [0.2, 0.25) is 0 Å². The van der Waals surface area contributed by atoms with Gasteiger partial charge in [0.15, 0.2) is 11.0 Å². The van der Waals surface area contributed by atoms with E-state index in [4.69, 9.17) is 4.74 Å². The summed E-state index contributed by atoms with van der Waals surface area (Å²) in [6.45, 7) is 2.93. The molecule has 0 spiro atoms. The minimum absolute atomic E-state index is 0.192. The first-order valence-corrected chi connectivity index (χ1v) is 9.81. The fourth-order valence-electron chi connectivity index (χ4n) is 2.65. The van der Waals surface area contributed by atoms with Gasteiger partial charge in [-0.2, -0.15) is 0 Å². The largest absolute Gasteiger partial charge is 0.497 e. The molecule has 0 atom stereocenters. The molecular weight excluding hydrogens is 379 g/mol. The fraction of sp³-hybridized carbons (Fsp3) is 0.250. The number of hydrogen-bond acceptors (Lipinski definition) is 5. The number of carbonyl (C=O) groups is 1. The molecule has 2 aromatic carbocycles. The summed E-state index contributed by atoms with van der Waals surface area (Å²) < 4.78 is 20.4. The lowest BCUT2D eigenvalue weighted by atomic mass is 10.2. The number of nitrogens with one attached hydrogen (secondary N) is 1. The normalized spacial score (nSPS) is 10.7. The number of benzene rings is 2. The highest BCUT2D eigenvalue weighted by Crippen LogP contribution is 2.22. The number of carbonyl (C=O) groups excluding carboxylic acids is 1. The van der Waals surface area contributed by atoms with Crippen LogP contribution in [0.1, 0.15) is 28.7 Å². The van der Waals surface area contributed by atoms with E-state index in [9.17, 15) is 9.18 Å². The second kappa shape index (κ2) is 9.36. The molecule has 0 aliphatic heterocycles. The Labute approximate surface area is 167 Å². The molecule has 0 unspecified atom stereocenters. The molecule has 28 heavy (non-hydrogen) atoms. The Bertz CT molecular complexity index is 944. The summed E-state index contributed by atoms with van der Waals surface area (Å²) in [6, 6.07) is 13.4. The highest BCUT2D eigenvalue weighted by atomic mass is 32.2. The molecule has 0 saturated carbocycles. The van der Waals surface area contributed by atoms with Crippen molar-refractivity contribution in [2.45, 2.75) is 30.9 Å². The monoisotopic (exact) mass is 400 g/mol. The van der Waals surface area contributed by atoms with Crippen LogP contribution in [0, 0.1) is 5.82 Å². The average molecular weight is 400 g/mol. The first-order chi connectivity index (χ1) is 13.6. The quantitative estimate of drug-likeness (QED) is 0.585.